The first-order valence-electron chi connectivity index (χ1n) is 5.56. The van der Waals surface area contributed by atoms with E-state index in [1.54, 1.807) is 12.1 Å². The van der Waals surface area contributed by atoms with Gasteiger partial charge in [0.2, 0.25) is 0 Å². The van der Waals surface area contributed by atoms with Gasteiger partial charge in [-0.05, 0) is 18.1 Å². The molecule has 0 aliphatic rings. The molecule has 0 fully saturated rings. The molecular formula is C12H17N3O3. The highest BCUT2D eigenvalue weighted by atomic mass is 16.5. The van der Waals surface area contributed by atoms with E-state index in [0.29, 0.717) is 0 Å². The lowest BCUT2D eigenvalue weighted by Crippen LogP contribution is -2.45. The third-order valence-electron chi connectivity index (χ3n) is 2.46. The molecule has 1 rings (SSSR count). The van der Waals surface area contributed by atoms with Crippen molar-refractivity contribution in [2.75, 3.05) is 12.8 Å². The lowest BCUT2D eigenvalue weighted by Gasteiger charge is -2.19. The number of pyridine rings is 1. The highest BCUT2D eigenvalue weighted by Crippen LogP contribution is 2.09. The summed E-state index contributed by atoms with van der Waals surface area (Å²) in [6.45, 7) is 3.62. The van der Waals surface area contributed by atoms with Crippen LogP contribution in [0.1, 0.15) is 24.3 Å². The SMILES string of the molecule is COC(=O)C(NC(=O)c1ncccc1N)C(C)C. The highest BCUT2D eigenvalue weighted by molar-refractivity contribution is 5.99. The van der Waals surface area contributed by atoms with Crippen molar-refractivity contribution >= 4 is 17.6 Å². The van der Waals surface area contributed by atoms with E-state index in [9.17, 15) is 9.59 Å². The molecule has 18 heavy (non-hydrogen) atoms. The van der Waals surface area contributed by atoms with Crippen molar-refractivity contribution in [2.45, 2.75) is 19.9 Å². The Morgan fingerprint density at radius 3 is 2.61 bits per heavy atom. The fourth-order valence-corrected chi connectivity index (χ4v) is 1.44. The number of rotatable bonds is 4. The maximum atomic E-state index is 11.9. The van der Waals surface area contributed by atoms with Crippen LogP contribution in [0.5, 0.6) is 0 Å². The van der Waals surface area contributed by atoms with Gasteiger partial charge in [-0.3, -0.25) is 4.79 Å². The summed E-state index contributed by atoms with van der Waals surface area (Å²) >= 11 is 0. The predicted molar refractivity (Wildman–Crippen MR) is 66.8 cm³/mol. The quantitative estimate of drug-likeness (QED) is 0.764. The first-order chi connectivity index (χ1) is 8.47. The van der Waals surface area contributed by atoms with E-state index in [4.69, 9.17) is 5.73 Å². The molecule has 0 spiro atoms. The van der Waals surface area contributed by atoms with Gasteiger partial charge in [-0.15, -0.1) is 0 Å². The van der Waals surface area contributed by atoms with Crippen molar-refractivity contribution in [2.24, 2.45) is 5.92 Å². The number of carbonyl (C=O) groups is 2. The van der Waals surface area contributed by atoms with Crippen LogP contribution in [-0.2, 0) is 9.53 Å². The minimum absolute atomic E-state index is 0.0914. The van der Waals surface area contributed by atoms with E-state index >= 15 is 0 Å². The molecule has 1 aromatic heterocycles. The third kappa shape index (κ3) is 3.19. The van der Waals surface area contributed by atoms with Gasteiger partial charge in [0.1, 0.15) is 6.04 Å². The van der Waals surface area contributed by atoms with E-state index < -0.39 is 17.9 Å². The number of hydrogen-bond acceptors (Lipinski definition) is 5. The minimum Gasteiger partial charge on any atom is -0.467 e. The zero-order valence-corrected chi connectivity index (χ0v) is 10.6. The molecule has 6 nitrogen and oxygen atoms in total. The Bertz CT molecular complexity index is 446. The van der Waals surface area contributed by atoms with E-state index in [-0.39, 0.29) is 17.3 Å². The Morgan fingerprint density at radius 2 is 2.11 bits per heavy atom. The van der Waals surface area contributed by atoms with Crippen LogP contribution < -0.4 is 11.1 Å². The molecule has 0 saturated carbocycles. The van der Waals surface area contributed by atoms with Gasteiger partial charge in [0, 0.05) is 6.20 Å². The van der Waals surface area contributed by atoms with Crippen molar-refractivity contribution in [1.82, 2.24) is 10.3 Å². The summed E-state index contributed by atoms with van der Waals surface area (Å²) in [5.41, 5.74) is 6.01. The number of nitrogen functional groups attached to an aromatic ring is 1. The van der Waals surface area contributed by atoms with Crippen LogP contribution >= 0.6 is 0 Å². The predicted octanol–water partition coefficient (Wildman–Crippen LogP) is 0.591. The molecule has 0 saturated heterocycles. The molecule has 98 valence electrons. The molecule has 1 aromatic rings. The summed E-state index contributed by atoms with van der Waals surface area (Å²) in [7, 11) is 1.28. The number of nitrogens with zero attached hydrogens (tertiary/aromatic N) is 1. The Balaban J connectivity index is 2.86. The van der Waals surface area contributed by atoms with E-state index in [1.165, 1.54) is 13.3 Å². The summed E-state index contributed by atoms with van der Waals surface area (Å²) in [5.74, 6) is -1.07. The Labute approximate surface area is 106 Å². The molecule has 1 heterocycles. The topological polar surface area (TPSA) is 94.3 Å². The lowest BCUT2D eigenvalue weighted by atomic mass is 10.0. The van der Waals surface area contributed by atoms with Gasteiger partial charge in [-0.1, -0.05) is 13.8 Å². The summed E-state index contributed by atoms with van der Waals surface area (Å²) in [6.07, 6.45) is 1.47. The number of carbonyl (C=O) groups excluding carboxylic acids is 2. The summed E-state index contributed by atoms with van der Waals surface area (Å²) in [6, 6.07) is 2.49. The number of methoxy groups -OCH3 is 1. The Hall–Kier alpha value is -2.11. The number of nitrogens with one attached hydrogen (secondary N) is 1. The first-order valence-corrected chi connectivity index (χ1v) is 5.56. The zero-order chi connectivity index (χ0) is 13.7. The molecule has 0 aromatic carbocycles. The molecular weight excluding hydrogens is 234 g/mol. The molecule has 0 aliphatic carbocycles. The Kier molecular flexibility index (Phi) is 4.65. The normalized spacial score (nSPS) is 12.0. The second kappa shape index (κ2) is 6.00. The number of amides is 1. The number of hydrogen-bond donors (Lipinski definition) is 2. The molecule has 3 N–H and O–H groups in total. The van der Waals surface area contributed by atoms with Crippen LogP contribution in [0.4, 0.5) is 5.69 Å². The van der Waals surface area contributed by atoms with E-state index in [0.717, 1.165) is 0 Å². The van der Waals surface area contributed by atoms with Crippen molar-refractivity contribution in [3.8, 4) is 0 Å². The monoisotopic (exact) mass is 251 g/mol. The molecule has 6 heteroatoms. The van der Waals surface area contributed by atoms with Crippen LogP contribution in [0.15, 0.2) is 18.3 Å². The van der Waals surface area contributed by atoms with Crippen molar-refractivity contribution < 1.29 is 14.3 Å². The smallest absolute Gasteiger partial charge is 0.328 e. The standard InChI is InChI=1S/C12H17N3O3/c1-7(2)9(12(17)18-3)15-11(16)10-8(13)5-4-6-14-10/h4-7,9H,13H2,1-3H3,(H,15,16). The second-order valence-corrected chi connectivity index (χ2v) is 4.16. The largest absolute Gasteiger partial charge is 0.467 e. The van der Waals surface area contributed by atoms with Crippen LogP contribution in [0.25, 0.3) is 0 Å². The summed E-state index contributed by atoms with van der Waals surface area (Å²) < 4.78 is 4.64. The Morgan fingerprint density at radius 1 is 1.44 bits per heavy atom. The third-order valence-corrected chi connectivity index (χ3v) is 2.46. The average Bonchev–Trinajstić information content (AvgIpc) is 2.35. The second-order valence-electron chi connectivity index (χ2n) is 4.16. The van der Waals surface area contributed by atoms with Gasteiger partial charge in [0.25, 0.3) is 5.91 Å². The van der Waals surface area contributed by atoms with Crippen LogP contribution in [0, 0.1) is 5.92 Å². The van der Waals surface area contributed by atoms with E-state index in [1.807, 2.05) is 13.8 Å². The highest BCUT2D eigenvalue weighted by Gasteiger charge is 2.26. The fourth-order valence-electron chi connectivity index (χ4n) is 1.44. The molecule has 1 unspecified atom stereocenters. The number of aromatic nitrogens is 1. The number of anilines is 1. The van der Waals surface area contributed by atoms with Gasteiger partial charge in [-0.25, -0.2) is 9.78 Å². The summed E-state index contributed by atoms with van der Waals surface area (Å²) in [4.78, 5) is 27.3. The van der Waals surface area contributed by atoms with Gasteiger partial charge in [0.15, 0.2) is 5.69 Å². The molecule has 1 atom stereocenters. The zero-order valence-electron chi connectivity index (χ0n) is 10.6. The number of nitrogens with two attached hydrogens (primary N) is 1. The van der Waals surface area contributed by atoms with Gasteiger partial charge in [0.05, 0.1) is 12.8 Å². The summed E-state index contributed by atoms with van der Waals surface area (Å²) in [5, 5.41) is 2.57. The number of esters is 1. The van der Waals surface area contributed by atoms with Crippen LogP contribution in [0.2, 0.25) is 0 Å². The first kappa shape index (κ1) is 14.0. The molecule has 0 radical (unpaired) electrons. The maximum absolute atomic E-state index is 11.9. The van der Waals surface area contributed by atoms with Crippen molar-refractivity contribution in [1.29, 1.82) is 0 Å². The minimum atomic E-state index is -0.719. The molecule has 0 aliphatic heterocycles. The van der Waals surface area contributed by atoms with Crippen molar-refractivity contribution in [3.05, 3.63) is 24.0 Å². The van der Waals surface area contributed by atoms with E-state index in [2.05, 4.69) is 15.0 Å². The van der Waals surface area contributed by atoms with Gasteiger partial charge in [-0.2, -0.15) is 0 Å². The molecule has 1 amide bonds. The van der Waals surface area contributed by atoms with Crippen LogP contribution in [0.3, 0.4) is 0 Å². The fraction of sp³-hybridized carbons (Fsp3) is 0.417. The van der Waals surface area contributed by atoms with Gasteiger partial charge < -0.3 is 15.8 Å². The van der Waals surface area contributed by atoms with Crippen molar-refractivity contribution in [3.63, 3.8) is 0 Å². The maximum Gasteiger partial charge on any atom is 0.328 e. The lowest BCUT2D eigenvalue weighted by molar-refractivity contribution is -0.144. The number of ether oxygens (including phenoxy) is 1. The average molecular weight is 251 g/mol. The van der Waals surface area contributed by atoms with Crippen LogP contribution in [-0.4, -0.2) is 30.0 Å². The van der Waals surface area contributed by atoms with Gasteiger partial charge >= 0.3 is 5.97 Å². The molecule has 0 bridgehead atoms.